The van der Waals surface area contributed by atoms with Crippen molar-refractivity contribution < 1.29 is 9.53 Å². The zero-order valence-corrected chi connectivity index (χ0v) is 17.4. The van der Waals surface area contributed by atoms with Crippen LogP contribution >= 0.6 is 0 Å². The number of fused-ring (bicyclic) bond motifs is 1. The van der Waals surface area contributed by atoms with E-state index < -0.39 is 0 Å². The molecule has 0 aliphatic heterocycles. The molecule has 1 aromatic carbocycles. The number of H-pyrrole nitrogens is 1. The Morgan fingerprint density at radius 2 is 1.90 bits per heavy atom. The summed E-state index contributed by atoms with van der Waals surface area (Å²) >= 11 is 0. The summed E-state index contributed by atoms with van der Waals surface area (Å²) in [5.41, 5.74) is 3.26. The van der Waals surface area contributed by atoms with E-state index >= 15 is 0 Å². The van der Waals surface area contributed by atoms with Gasteiger partial charge in [0.2, 0.25) is 0 Å². The molecule has 8 nitrogen and oxygen atoms in total. The van der Waals surface area contributed by atoms with E-state index in [9.17, 15) is 4.79 Å². The van der Waals surface area contributed by atoms with E-state index in [1.54, 1.807) is 24.7 Å². The van der Waals surface area contributed by atoms with Crippen molar-refractivity contribution in [1.82, 2.24) is 25.5 Å². The lowest BCUT2D eigenvalue weighted by Crippen LogP contribution is -2.38. The molecule has 8 heteroatoms. The number of aromatic amines is 1. The molecule has 4 rings (SSSR count). The summed E-state index contributed by atoms with van der Waals surface area (Å²) < 4.78 is 5.88. The van der Waals surface area contributed by atoms with Crippen LogP contribution in [-0.2, 0) is 0 Å². The van der Waals surface area contributed by atoms with Crippen LogP contribution in [0.4, 0.5) is 10.6 Å². The lowest BCUT2D eigenvalue weighted by atomic mass is 10.1. The molecule has 0 fully saturated rings. The van der Waals surface area contributed by atoms with Gasteiger partial charge in [0.15, 0.2) is 0 Å². The molecule has 2 atom stereocenters. The minimum Gasteiger partial charge on any atom is -0.491 e. The van der Waals surface area contributed by atoms with Crippen molar-refractivity contribution in [2.75, 3.05) is 5.32 Å². The largest absolute Gasteiger partial charge is 0.491 e. The van der Waals surface area contributed by atoms with E-state index in [1.165, 1.54) is 0 Å². The molecular weight excluding hydrogens is 392 g/mol. The van der Waals surface area contributed by atoms with Gasteiger partial charge in [-0.2, -0.15) is 5.10 Å². The number of pyridine rings is 2. The van der Waals surface area contributed by atoms with Gasteiger partial charge in [0, 0.05) is 36.0 Å². The maximum absolute atomic E-state index is 12.4. The summed E-state index contributed by atoms with van der Waals surface area (Å²) in [5.74, 6) is 1.27. The average molecular weight is 416 g/mol. The van der Waals surface area contributed by atoms with Gasteiger partial charge in [-0.3, -0.25) is 15.4 Å². The summed E-state index contributed by atoms with van der Waals surface area (Å²) in [4.78, 5) is 21.4. The molecule has 158 valence electrons. The van der Waals surface area contributed by atoms with Crippen LogP contribution in [0.5, 0.6) is 5.75 Å². The van der Waals surface area contributed by atoms with Crippen LogP contribution in [0, 0.1) is 0 Å². The SMILES string of the molecule is C[C@H](C[C@H](C)NC(=O)Nc1ccc2ncc(-c3cn[nH]c3)cc2n1)Oc1ccccc1. The normalized spacial score (nSPS) is 12.8. The number of benzene rings is 1. The lowest BCUT2D eigenvalue weighted by Gasteiger charge is -2.20. The number of nitrogens with one attached hydrogen (secondary N) is 3. The molecule has 2 amide bonds. The number of amides is 2. The van der Waals surface area contributed by atoms with Gasteiger partial charge in [-0.15, -0.1) is 0 Å². The van der Waals surface area contributed by atoms with Crippen molar-refractivity contribution in [2.45, 2.75) is 32.4 Å². The zero-order chi connectivity index (χ0) is 21.6. The number of nitrogens with zero attached hydrogens (tertiary/aromatic N) is 3. The lowest BCUT2D eigenvalue weighted by molar-refractivity contribution is 0.195. The molecule has 4 aromatic rings. The van der Waals surface area contributed by atoms with Crippen LogP contribution < -0.4 is 15.4 Å². The molecule has 0 radical (unpaired) electrons. The molecule has 3 N–H and O–H groups in total. The third-order valence-electron chi connectivity index (χ3n) is 4.75. The number of rotatable bonds is 7. The first-order chi connectivity index (χ1) is 15.1. The van der Waals surface area contributed by atoms with Gasteiger partial charge in [-0.25, -0.2) is 9.78 Å². The van der Waals surface area contributed by atoms with Crippen molar-refractivity contribution in [3.05, 3.63) is 67.1 Å². The highest BCUT2D eigenvalue weighted by Gasteiger charge is 2.13. The second-order valence-corrected chi connectivity index (χ2v) is 7.42. The summed E-state index contributed by atoms with van der Waals surface area (Å²) in [5, 5.41) is 12.5. The highest BCUT2D eigenvalue weighted by atomic mass is 16.5. The summed E-state index contributed by atoms with van der Waals surface area (Å²) in [6, 6.07) is 14.7. The van der Waals surface area contributed by atoms with Gasteiger partial charge in [0.25, 0.3) is 0 Å². The van der Waals surface area contributed by atoms with Crippen LogP contribution in [-0.4, -0.2) is 38.3 Å². The van der Waals surface area contributed by atoms with E-state index in [2.05, 4.69) is 30.8 Å². The van der Waals surface area contributed by atoms with Crippen LogP contribution in [0.15, 0.2) is 67.1 Å². The standard InChI is InChI=1S/C23H24N6O2/c1-15(10-16(2)31-19-6-4-3-5-7-19)27-23(30)29-22-9-8-20-21(28-22)11-17(12-24-20)18-13-25-26-14-18/h3-9,11-16H,10H2,1-2H3,(H,25,26)(H2,27,28,29,30)/t15-,16+/m0/s1. The Kier molecular flexibility index (Phi) is 6.07. The maximum Gasteiger partial charge on any atom is 0.320 e. The van der Waals surface area contributed by atoms with E-state index in [4.69, 9.17) is 4.74 Å². The number of carbonyl (C=O) groups excluding carboxylic acids is 1. The number of para-hydroxylation sites is 1. The Morgan fingerprint density at radius 1 is 1.06 bits per heavy atom. The van der Waals surface area contributed by atoms with Gasteiger partial charge in [-0.1, -0.05) is 18.2 Å². The highest BCUT2D eigenvalue weighted by molar-refractivity contribution is 5.90. The Morgan fingerprint density at radius 3 is 2.68 bits per heavy atom. The highest BCUT2D eigenvalue weighted by Crippen LogP contribution is 2.21. The molecule has 0 saturated carbocycles. The molecule has 0 aliphatic carbocycles. The fraction of sp³-hybridized carbons (Fsp3) is 0.217. The Balaban J connectivity index is 1.35. The minimum absolute atomic E-state index is 0.0380. The van der Waals surface area contributed by atoms with Crippen molar-refractivity contribution in [2.24, 2.45) is 0 Å². The van der Waals surface area contributed by atoms with Gasteiger partial charge >= 0.3 is 6.03 Å². The van der Waals surface area contributed by atoms with Gasteiger partial charge in [0.05, 0.1) is 23.3 Å². The Labute approximate surface area is 180 Å². The number of hydrogen-bond donors (Lipinski definition) is 3. The first kappa shape index (κ1) is 20.3. The number of hydrogen-bond acceptors (Lipinski definition) is 5. The molecule has 31 heavy (non-hydrogen) atoms. The van der Waals surface area contributed by atoms with E-state index in [-0.39, 0.29) is 18.2 Å². The average Bonchev–Trinajstić information content (AvgIpc) is 3.28. The second-order valence-electron chi connectivity index (χ2n) is 7.42. The predicted octanol–water partition coefficient (Wildman–Crippen LogP) is 4.39. The molecular formula is C23H24N6O2. The van der Waals surface area contributed by atoms with Crippen molar-refractivity contribution >= 4 is 22.9 Å². The fourth-order valence-electron chi connectivity index (χ4n) is 3.36. The number of ether oxygens (including phenoxy) is 1. The third-order valence-corrected chi connectivity index (χ3v) is 4.75. The Bertz CT molecular complexity index is 1150. The molecule has 0 aliphatic rings. The second kappa shape index (κ2) is 9.25. The molecule has 3 heterocycles. The first-order valence-electron chi connectivity index (χ1n) is 10.1. The van der Waals surface area contributed by atoms with Gasteiger partial charge < -0.3 is 10.1 Å². The smallest absolute Gasteiger partial charge is 0.320 e. The monoisotopic (exact) mass is 416 g/mol. The molecule has 0 spiro atoms. The summed E-state index contributed by atoms with van der Waals surface area (Å²) in [6.07, 6.45) is 5.93. The maximum atomic E-state index is 12.4. The predicted molar refractivity (Wildman–Crippen MR) is 120 cm³/mol. The van der Waals surface area contributed by atoms with Gasteiger partial charge in [-0.05, 0) is 44.2 Å². The fourth-order valence-corrected chi connectivity index (χ4v) is 3.36. The molecule has 0 bridgehead atoms. The minimum atomic E-state index is -0.315. The topological polar surface area (TPSA) is 105 Å². The van der Waals surface area contributed by atoms with E-state index in [0.717, 1.165) is 22.4 Å². The van der Waals surface area contributed by atoms with Crippen molar-refractivity contribution in [3.63, 3.8) is 0 Å². The molecule has 0 unspecified atom stereocenters. The number of carbonyl (C=O) groups is 1. The number of aromatic nitrogens is 4. The number of anilines is 1. The third kappa shape index (κ3) is 5.36. The van der Waals surface area contributed by atoms with Crippen LogP contribution in [0.25, 0.3) is 22.2 Å². The van der Waals surface area contributed by atoms with Crippen LogP contribution in [0.1, 0.15) is 20.3 Å². The zero-order valence-electron chi connectivity index (χ0n) is 17.4. The van der Waals surface area contributed by atoms with E-state index in [0.29, 0.717) is 17.8 Å². The van der Waals surface area contributed by atoms with Crippen LogP contribution in [0.2, 0.25) is 0 Å². The van der Waals surface area contributed by atoms with Crippen LogP contribution in [0.3, 0.4) is 0 Å². The molecule has 0 saturated heterocycles. The van der Waals surface area contributed by atoms with Gasteiger partial charge in [0.1, 0.15) is 11.6 Å². The summed E-state index contributed by atoms with van der Waals surface area (Å²) in [7, 11) is 0. The summed E-state index contributed by atoms with van der Waals surface area (Å²) in [6.45, 7) is 3.93. The molecule has 3 aromatic heterocycles. The quantitative estimate of drug-likeness (QED) is 0.414. The number of urea groups is 1. The van der Waals surface area contributed by atoms with Crippen molar-refractivity contribution in [3.8, 4) is 16.9 Å². The van der Waals surface area contributed by atoms with Crippen molar-refractivity contribution in [1.29, 1.82) is 0 Å². The first-order valence-corrected chi connectivity index (χ1v) is 10.1. The Hall–Kier alpha value is -3.94. The van der Waals surface area contributed by atoms with E-state index in [1.807, 2.05) is 56.3 Å².